The van der Waals surface area contributed by atoms with Gasteiger partial charge in [0.15, 0.2) is 0 Å². The third-order valence-electron chi connectivity index (χ3n) is 4.37. The fourth-order valence-corrected chi connectivity index (χ4v) is 4.55. The lowest BCUT2D eigenvalue weighted by molar-refractivity contribution is -0.111. The molecule has 1 N–H and O–H groups in total. The van der Waals surface area contributed by atoms with Gasteiger partial charge in [0.25, 0.3) is 0 Å². The molecule has 0 bridgehead atoms. The van der Waals surface area contributed by atoms with Gasteiger partial charge in [0.2, 0.25) is 10.0 Å². The van der Waals surface area contributed by atoms with Crippen LogP contribution < -0.4 is 4.72 Å². The van der Waals surface area contributed by atoms with E-state index >= 15 is 0 Å². The van der Waals surface area contributed by atoms with Gasteiger partial charge in [-0.15, -0.1) is 0 Å². The van der Waals surface area contributed by atoms with Crippen molar-refractivity contribution in [3.8, 4) is 0 Å². The van der Waals surface area contributed by atoms with E-state index in [1.807, 2.05) is 30.3 Å². The minimum atomic E-state index is -3.66. The van der Waals surface area contributed by atoms with Crippen LogP contribution in [-0.2, 0) is 21.3 Å². The zero-order valence-electron chi connectivity index (χ0n) is 13.9. The quantitative estimate of drug-likeness (QED) is 0.854. The van der Waals surface area contributed by atoms with Crippen LogP contribution in [0.4, 0.5) is 4.39 Å². The Morgan fingerprint density at radius 2 is 1.84 bits per heavy atom. The van der Waals surface area contributed by atoms with Crippen molar-refractivity contribution in [2.24, 2.45) is 0 Å². The summed E-state index contributed by atoms with van der Waals surface area (Å²) in [5, 5.41) is 0.546. The molecule has 7 heteroatoms. The van der Waals surface area contributed by atoms with Crippen LogP contribution in [0.1, 0.15) is 17.2 Å². The molecular weight excluding hydrogens is 343 g/mol. The Balaban J connectivity index is 1.73. The van der Waals surface area contributed by atoms with E-state index in [2.05, 4.69) is 4.72 Å². The summed E-state index contributed by atoms with van der Waals surface area (Å²) in [6.07, 6.45) is 0.591. The van der Waals surface area contributed by atoms with Crippen molar-refractivity contribution in [2.45, 2.75) is 17.7 Å². The second-order valence-electron chi connectivity index (χ2n) is 6.02. The summed E-state index contributed by atoms with van der Waals surface area (Å²) in [5.74, 6) is -0.436. The summed E-state index contributed by atoms with van der Waals surface area (Å²) in [6.45, 7) is 0.284. The van der Waals surface area contributed by atoms with Gasteiger partial charge in [-0.05, 0) is 18.1 Å². The van der Waals surface area contributed by atoms with Crippen LogP contribution in [0.3, 0.4) is 0 Å². The van der Waals surface area contributed by atoms with Crippen LogP contribution in [0.15, 0.2) is 54.6 Å². The number of sulfonamides is 1. The van der Waals surface area contributed by atoms with E-state index in [0.717, 1.165) is 5.56 Å². The number of benzene rings is 2. The number of hydrogen-bond donors (Lipinski definition) is 1. The predicted molar refractivity (Wildman–Crippen MR) is 93.7 cm³/mol. The molecule has 1 aliphatic heterocycles. The van der Waals surface area contributed by atoms with Crippen LogP contribution in [0.25, 0.3) is 0 Å². The smallest absolute Gasteiger partial charge is 0.218 e. The van der Waals surface area contributed by atoms with Gasteiger partial charge >= 0.3 is 0 Å². The third-order valence-corrected chi connectivity index (χ3v) is 6.17. The molecule has 0 aliphatic carbocycles. The molecule has 0 radical (unpaired) electrons. The van der Waals surface area contributed by atoms with E-state index in [1.165, 1.54) is 11.1 Å². The van der Waals surface area contributed by atoms with Crippen molar-refractivity contribution in [1.82, 2.24) is 9.79 Å². The standard InChI is InChI=1S/C18H21FN2O3S/c1-21-18(15-9-5-6-10-16(15)19)17(13-24-21)25(22,23)20-12-11-14-7-3-2-4-8-14/h2-10,17-18,20H,11-13H2,1H3. The minimum absolute atomic E-state index is 0.00380. The summed E-state index contributed by atoms with van der Waals surface area (Å²) in [6, 6.07) is 15.1. The van der Waals surface area contributed by atoms with Gasteiger partial charge in [-0.25, -0.2) is 17.5 Å². The number of nitrogens with zero attached hydrogens (tertiary/aromatic N) is 1. The molecule has 134 valence electrons. The van der Waals surface area contributed by atoms with Crippen molar-refractivity contribution in [3.05, 3.63) is 71.5 Å². The maximum absolute atomic E-state index is 14.2. The molecule has 2 unspecified atom stereocenters. The molecular formula is C18H21FN2O3S. The van der Waals surface area contributed by atoms with Crippen LogP contribution in [0, 0.1) is 5.82 Å². The number of halogens is 1. The molecule has 0 saturated carbocycles. The van der Waals surface area contributed by atoms with Gasteiger partial charge < -0.3 is 0 Å². The molecule has 1 heterocycles. The zero-order chi connectivity index (χ0) is 17.9. The van der Waals surface area contributed by atoms with Crippen molar-refractivity contribution < 1.29 is 17.6 Å². The first kappa shape index (κ1) is 18.0. The molecule has 2 atom stereocenters. The van der Waals surface area contributed by atoms with E-state index in [-0.39, 0.29) is 13.2 Å². The Hall–Kier alpha value is -1.80. The maximum atomic E-state index is 14.2. The Morgan fingerprint density at radius 3 is 2.56 bits per heavy atom. The first-order chi connectivity index (χ1) is 12.0. The molecule has 1 fully saturated rings. The van der Waals surface area contributed by atoms with Gasteiger partial charge in [-0.3, -0.25) is 4.84 Å². The summed E-state index contributed by atoms with van der Waals surface area (Å²) < 4.78 is 42.2. The highest BCUT2D eigenvalue weighted by molar-refractivity contribution is 7.90. The molecule has 3 rings (SSSR count). The predicted octanol–water partition coefficient (Wildman–Crippen LogP) is 2.27. The SMILES string of the molecule is CN1OCC(S(=O)(=O)NCCc2ccccc2)C1c1ccccc1F. The number of nitrogens with one attached hydrogen (secondary N) is 1. The van der Waals surface area contributed by atoms with E-state index in [9.17, 15) is 12.8 Å². The topological polar surface area (TPSA) is 58.6 Å². The highest BCUT2D eigenvalue weighted by Crippen LogP contribution is 2.34. The van der Waals surface area contributed by atoms with E-state index in [0.29, 0.717) is 12.0 Å². The Kier molecular flexibility index (Phi) is 5.48. The lowest BCUT2D eigenvalue weighted by Crippen LogP contribution is -2.40. The van der Waals surface area contributed by atoms with E-state index < -0.39 is 27.1 Å². The average Bonchev–Trinajstić information content (AvgIpc) is 2.98. The average molecular weight is 364 g/mol. The molecule has 5 nitrogen and oxygen atoms in total. The Bertz CT molecular complexity index is 814. The fraction of sp³-hybridized carbons (Fsp3) is 0.333. The summed E-state index contributed by atoms with van der Waals surface area (Å²) in [7, 11) is -2.04. The molecule has 2 aromatic rings. The zero-order valence-corrected chi connectivity index (χ0v) is 14.7. The van der Waals surface area contributed by atoms with Gasteiger partial charge in [0.1, 0.15) is 11.1 Å². The largest absolute Gasteiger partial charge is 0.297 e. The van der Waals surface area contributed by atoms with Gasteiger partial charge in [-0.2, -0.15) is 5.06 Å². The normalized spacial score (nSPS) is 21.5. The minimum Gasteiger partial charge on any atom is -0.297 e. The molecule has 25 heavy (non-hydrogen) atoms. The van der Waals surface area contributed by atoms with Crippen molar-refractivity contribution in [1.29, 1.82) is 0 Å². The van der Waals surface area contributed by atoms with Crippen molar-refractivity contribution in [2.75, 3.05) is 20.2 Å². The van der Waals surface area contributed by atoms with Crippen LogP contribution >= 0.6 is 0 Å². The maximum Gasteiger partial charge on any atom is 0.218 e. The highest BCUT2D eigenvalue weighted by atomic mass is 32.2. The van der Waals surface area contributed by atoms with Crippen molar-refractivity contribution in [3.63, 3.8) is 0 Å². The molecule has 0 amide bonds. The van der Waals surface area contributed by atoms with Crippen LogP contribution in [0.5, 0.6) is 0 Å². The second-order valence-corrected chi connectivity index (χ2v) is 8.01. The second kappa shape index (κ2) is 7.61. The highest BCUT2D eigenvalue weighted by Gasteiger charge is 2.43. The number of rotatable bonds is 6. The number of hydrogen-bond acceptors (Lipinski definition) is 4. The van der Waals surface area contributed by atoms with Crippen LogP contribution in [-0.4, -0.2) is 38.9 Å². The first-order valence-corrected chi connectivity index (χ1v) is 9.66. The first-order valence-electron chi connectivity index (χ1n) is 8.11. The van der Waals surface area contributed by atoms with Gasteiger partial charge in [-0.1, -0.05) is 48.5 Å². The monoisotopic (exact) mass is 364 g/mol. The molecule has 0 spiro atoms. The van der Waals surface area contributed by atoms with Gasteiger partial charge in [0, 0.05) is 19.2 Å². The summed E-state index contributed by atoms with van der Waals surface area (Å²) >= 11 is 0. The Labute approximate surface area is 147 Å². The molecule has 1 aliphatic rings. The molecule has 2 aromatic carbocycles. The summed E-state index contributed by atoms with van der Waals surface area (Å²) in [5.41, 5.74) is 1.37. The molecule has 1 saturated heterocycles. The lowest BCUT2D eigenvalue weighted by atomic mass is 10.0. The van der Waals surface area contributed by atoms with E-state index in [1.54, 1.807) is 25.2 Å². The lowest BCUT2D eigenvalue weighted by Gasteiger charge is -2.23. The van der Waals surface area contributed by atoms with Gasteiger partial charge in [0.05, 0.1) is 12.6 Å². The molecule has 0 aromatic heterocycles. The summed E-state index contributed by atoms with van der Waals surface area (Å²) in [4.78, 5) is 5.39. The van der Waals surface area contributed by atoms with E-state index in [4.69, 9.17) is 4.84 Å². The van der Waals surface area contributed by atoms with Crippen molar-refractivity contribution >= 4 is 10.0 Å². The Morgan fingerprint density at radius 1 is 1.16 bits per heavy atom. The number of hydroxylamine groups is 2. The third kappa shape index (κ3) is 4.07. The fourth-order valence-electron chi connectivity index (χ4n) is 3.06. The van der Waals surface area contributed by atoms with Crippen LogP contribution in [0.2, 0.25) is 0 Å².